The third-order valence-corrected chi connectivity index (χ3v) is 6.02. The Morgan fingerprint density at radius 3 is 2.62 bits per heavy atom. The van der Waals surface area contributed by atoms with Crippen molar-refractivity contribution in [1.29, 1.82) is 0 Å². The zero-order valence-corrected chi connectivity index (χ0v) is 19.2. The van der Waals surface area contributed by atoms with Gasteiger partial charge in [-0.05, 0) is 50.1 Å². The van der Waals surface area contributed by atoms with Gasteiger partial charge in [0.2, 0.25) is 5.91 Å². The van der Waals surface area contributed by atoms with Crippen molar-refractivity contribution in [3.8, 4) is 17.1 Å². The highest BCUT2D eigenvalue weighted by molar-refractivity contribution is 6.30. The van der Waals surface area contributed by atoms with Gasteiger partial charge >= 0.3 is 0 Å². The number of hydrogen-bond donors (Lipinski definition) is 1. The molecule has 34 heavy (non-hydrogen) atoms. The van der Waals surface area contributed by atoms with Crippen molar-refractivity contribution in [3.05, 3.63) is 71.3 Å². The first-order valence-electron chi connectivity index (χ1n) is 10.9. The molecule has 0 aliphatic carbocycles. The minimum absolute atomic E-state index is 0.120. The molecule has 4 heterocycles. The first-order valence-corrected chi connectivity index (χ1v) is 11.3. The first-order chi connectivity index (χ1) is 16.5. The Morgan fingerprint density at radius 1 is 1.12 bits per heavy atom. The summed E-state index contributed by atoms with van der Waals surface area (Å²) in [4.78, 5) is 27.6. The number of furan rings is 1. The molecule has 0 spiro atoms. The van der Waals surface area contributed by atoms with E-state index >= 15 is 0 Å². The highest BCUT2D eigenvalue weighted by atomic mass is 35.5. The van der Waals surface area contributed by atoms with Crippen LogP contribution >= 0.6 is 11.6 Å². The normalized spacial score (nSPS) is 14.4. The number of nitrogens with zero attached hydrogens (tertiary/aromatic N) is 4. The van der Waals surface area contributed by atoms with Crippen LogP contribution in [0.3, 0.4) is 0 Å². The third-order valence-electron chi connectivity index (χ3n) is 5.79. The SMILES string of the molecule is Cc1cc(NC(=O)C2CCN(C(=O)c3cc(-c4ccco4)n(-c4cccc(Cl)c4)n3)CC2)no1. The van der Waals surface area contributed by atoms with E-state index in [9.17, 15) is 9.59 Å². The van der Waals surface area contributed by atoms with Crippen LogP contribution in [-0.2, 0) is 4.79 Å². The number of carbonyl (C=O) groups is 2. The molecule has 0 bridgehead atoms. The van der Waals surface area contributed by atoms with Gasteiger partial charge in [-0.3, -0.25) is 9.59 Å². The van der Waals surface area contributed by atoms with Gasteiger partial charge in [-0.1, -0.05) is 22.8 Å². The molecule has 5 rings (SSSR count). The van der Waals surface area contributed by atoms with E-state index in [4.69, 9.17) is 20.5 Å². The van der Waals surface area contributed by atoms with Crippen LogP contribution in [0.5, 0.6) is 0 Å². The van der Waals surface area contributed by atoms with E-state index in [1.165, 1.54) is 0 Å². The Kier molecular flexibility index (Phi) is 5.93. The molecule has 9 nitrogen and oxygen atoms in total. The first kappa shape index (κ1) is 22.0. The van der Waals surface area contributed by atoms with Crippen LogP contribution in [0, 0.1) is 12.8 Å². The lowest BCUT2D eigenvalue weighted by Crippen LogP contribution is -2.41. The highest BCUT2D eigenvalue weighted by Crippen LogP contribution is 2.27. The lowest BCUT2D eigenvalue weighted by molar-refractivity contribution is -0.121. The summed E-state index contributed by atoms with van der Waals surface area (Å²) >= 11 is 6.17. The summed E-state index contributed by atoms with van der Waals surface area (Å²) in [6, 6.07) is 14.2. The van der Waals surface area contributed by atoms with E-state index in [0.717, 1.165) is 5.69 Å². The number of halogens is 1. The Labute approximate surface area is 200 Å². The smallest absolute Gasteiger partial charge is 0.274 e. The molecule has 1 aliphatic rings. The summed E-state index contributed by atoms with van der Waals surface area (Å²) in [6.45, 7) is 2.67. The molecule has 10 heteroatoms. The maximum absolute atomic E-state index is 13.3. The molecular formula is C24H22ClN5O4. The molecule has 1 aromatic carbocycles. The van der Waals surface area contributed by atoms with Gasteiger partial charge in [-0.2, -0.15) is 5.10 Å². The van der Waals surface area contributed by atoms with Crippen molar-refractivity contribution in [1.82, 2.24) is 19.8 Å². The summed E-state index contributed by atoms with van der Waals surface area (Å²) in [5.74, 6) is 1.10. The molecule has 0 unspecified atom stereocenters. The minimum atomic E-state index is -0.205. The van der Waals surface area contributed by atoms with E-state index in [2.05, 4.69) is 15.6 Å². The molecule has 0 radical (unpaired) electrons. The van der Waals surface area contributed by atoms with Gasteiger partial charge in [-0.25, -0.2) is 4.68 Å². The van der Waals surface area contributed by atoms with Crippen molar-refractivity contribution >= 4 is 29.2 Å². The van der Waals surface area contributed by atoms with Gasteiger partial charge in [-0.15, -0.1) is 0 Å². The van der Waals surface area contributed by atoms with Crippen molar-refractivity contribution in [3.63, 3.8) is 0 Å². The average molecular weight is 480 g/mol. The Balaban J connectivity index is 1.31. The Hall–Kier alpha value is -3.85. The lowest BCUT2D eigenvalue weighted by Gasteiger charge is -2.30. The maximum atomic E-state index is 13.3. The van der Waals surface area contributed by atoms with E-state index in [1.807, 2.05) is 18.2 Å². The summed E-state index contributed by atoms with van der Waals surface area (Å²) in [6.07, 6.45) is 2.67. The van der Waals surface area contributed by atoms with Crippen molar-refractivity contribution in [2.75, 3.05) is 18.4 Å². The van der Waals surface area contributed by atoms with Crippen molar-refractivity contribution in [2.45, 2.75) is 19.8 Å². The maximum Gasteiger partial charge on any atom is 0.274 e. The quantitative estimate of drug-likeness (QED) is 0.449. The molecule has 1 aliphatic heterocycles. The van der Waals surface area contributed by atoms with Crippen LogP contribution in [-0.4, -0.2) is 44.7 Å². The van der Waals surface area contributed by atoms with Crippen molar-refractivity contribution < 1.29 is 18.5 Å². The van der Waals surface area contributed by atoms with E-state index in [0.29, 0.717) is 59.7 Å². The topological polar surface area (TPSA) is 106 Å². The predicted molar refractivity (Wildman–Crippen MR) is 125 cm³/mol. The minimum Gasteiger partial charge on any atom is -0.463 e. The fourth-order valence-electron chi connectivity index (χ4n) is 4.05. The zero-order chi connectivity index (χ0) is 23.7. The number of aryl methyl sites for hydroxylation is 1. The number of carbonyl (C=O) groups excluding carboxylic acids is 2. The molecule has 174 valence electrons. The number of amides is 2. The van der Waals surface area contributed by atoms with E-state index < -0.39 is 0 Å². The number of benzene rings is 1. The van der Waals surface area contributed by atoms with E-state index in [1.54, 1.807) is 53.1 Å². The summed E-state index contributed by atoms with van der Waals surface area (Å²) in [5, 5.41) is 11.7. The standard InChI is InChI=1S/C24H22ClN5O4/c1-15-12-22(28-34-15)26-23(31)16-7-9-29(10-8-16)24(32)19-14-20(21-6-3-11-33-21)30(27-19)18-5-2-4-17(25)13-18/h2-6,11-14,16H,7-10H2,1H3,(H,26,28,31). The molecule has 0 saturated carbocycles. The number of likely N-dealkylation sites (tertiary alicyclic amines) is 1. The number of aromatic nitrogens is 3. The molecular weight excluding hydrogens is 458 g/mol. The van der Waals surface area contributed by atoms with Crippen molar-refractivity contribution in [2.24, 2.45) is 5.92 Å². The Bertz CT molecular complexity index is 1320. The number of anilines is 1. The number of nitrogens with one attached hydrogen (secondary N) is 1. The summed E-state index contributed by atoms with van der Waals surface area (Å²) in [5.41, 5.74) is 1.66. The highest BCUT2D eigenvalue weighted by Gasteiger charge is 2.30. The van der Waals surface area contributed by atoms with Gasteiger partial charge in [0, 0.05) is 36.2 Å². The largest absolute Gasteiger partial charge is 0.463 e. The molecule has 1 saturated heterocycles. The van der Waals surface area contributed by atoms with Crippen LogP contribution in [0.15, 0.2) is 63.7 Å². The van der Waals surface area contributed by atoms with Gasteiger partial charge < -0.3 is 19.2 Å². The zero-order valence-electron chi connectivity index (χ0n) is 18.4. The number of rotatable bonds is 5. The van der Waals surface area contributed by atoms with Crippen LogP contribution in [0.1, 0.15) is 29.1 Å². The second-order valence-electron chi connectivity index (χ2n) is 8.16. The van der Waals surface area contributed by atoms with Crippen LogP contribution in [0.2, 0.25) is 5.02 Å². The van der Waals surface area contributed by atoms with Crippen LogP contribution in [0.4, 0.5) is 5.82 Å². The average Bonchev–Trinajstić information content (AvgIpc) is 3.59. The van der Waals surface area contributed by atoms with E-state index in [-0.39, 0.29) is 17.7 Å². The number of piperidine rings is 1. The fraction of sp³-hybridized carbons (Fsp3) is 0.250. The third kappa shape index (κ3) is 4.47. The monoisotopic (exact) mass is 479 g/mol. The molecule has 0 atom stereocenters. The summed E-state index contributed by atoms with van der Waals surface area (Å²) < 4.78 is 12.2. The molecule has 1 N–H and O–H groups in total. The van der Waals surface area contributed by atoms with Gasteiger partial charge in [0.05, 0.1) is 12.0 Å². The number of hydrogen-bond acceptors (Lipinski definition) is 6. The van der Waals surface area contributed by atoms with Crippen LogP contribution in [0.25, 0.3) is 17.1 Å². The van der Waals surface area contributed by atoms with Gasteiger partial charge in [0.25, 0.3) is 5.91 Å². The van der Waals surface area contributed by atoms with Gasteiger partial charge in [0.15, 0.2) is 17.3 Å². The second-order valence-corrected chi connectivity index (χ2v) is 8.60. The second kappa shape index (κ2) is 9.18. The van der Waals surface area contributed by atoms with Crippen LogP contribution < -0.4 is 5.32 Å². The summed E-state index contributed by atoms with van der Waals surface area (Å²) in [7, 11) is 0. The molecule has 4 aromatic rings. The molecule has 2 amide bonds. The predicted octanol–water partition coefficient (Wildman–Crippen LogP) is 4.57. The molecule has 3 aromatic heterocycles. The molecule has 1 fully saturated rings. The van der Waals surface area contributed by atoms with Gasteiger partial charge in [0.1, 0.15) is 11.5 Å². The lowest BCUT2D eigenvalue weighted by atomic mass is 9.95. The Morgan fingerprint density at radius 2 is 1.94 bits per heavy atom. The fourth-order valence-corrected chi connectivity index (χ4v) is 4.24.